The third-order valence-electron chi connectivity index (χ3n) is 1.71. The van der Waals surface area contributed by atoms with Crippen molar-refractivity contribution in [3.05, 3.63) is 0 Å². The Morgan fingerprint density at radius 2 is 2.08 bits per heavy atom. The first kappa shape index (κ1) is 11.9. The maximum Gasteiger partial charge on any atom is 0.231 e. The van der Waals surface area contributed by atoms with Gasteiger partial charge in [0, 0.05) is 19.5 Å². The van der Waals surface area contributed by atoms with E-state index in [9.17, 15) is 9.59 Å². The lowest BCUT2D eigenvalue weighted by atomic mass is 10.1. The largest absolute Gasteiger partial charge is 0.369 e. The topological polar surface area (TPSA) is 75.4 Å². The second-order valence-corrected chi connectivity index (χ2v) is 3.18. The molecule has 0 aliphatic carbocycles. The molecule has 0 aromatic rings. The zero-order chi connectivity index (χ0) is 10.4. The minimum absolute atomic E-state index is 0.0312. The molecule has 1 atom stereocenters. The fraction of sp³-hybridized carbons (Fsp3) is 0.750. The van der Waals surface area contributed by atoms with Crippen molar-refractivity contribution in [3.8, 4) is 0 Å². The molecule has 0 bridgehead atoms. The number of amides is 2. The molecule has 0 spiro atoms. The van der Waals surface area contributed by atoms with Gasteiger partial charge >= 0.3 is 0 Å². The van der Waals surface area contributed by atoms with Crippen LogP contribution in [0.3, 0.4) is 0 Å². The second-order valence-electron chi connectivity index (χ2n) is 3.18. The molecule has 3 N–H and O–H groups in total. The lowest BCUT2D eigenvalue weighted by Gasteiger charge is -2.18. The highest BCUT2D eigenvalue weighted by molar-refractivity contribution is 5.78. The summed E-state index contributed by atoms with van der Waals surface area (Å²) >= 11 is 0. The Balaban J connectivity index is 3.83. The Morgan fingerprint density at radius 3 is 2.46 bits per heavy atom. The third kappa shape index (κ3) is 5.19. The van der Waals surface area contributed by atoms with E-state index in [0.717, 1.165) is 0 Å². The highest BCUT2D eigenvalue weighted by Crippen LogP contribution is 1.97. The standard InChI is InChI=1S/C8H17N3O2/c1-6(8(13)10-2)4-11(3)5-7(9)12/h6H,4-5H2,1-3H3,(H2,9,12)(H,10,13). The number of rotatable bonds is 5. The molecule has 1 unspecified atom stereocenters. The average Bonchev–Trinajstić information content (AvgIpc) is 2.01. The molecule has 0 aromatic heterocycles. The molecule has 0 aliphatic heterocycles. The summed E-state index contributed by atoms with van der Waals surface area (Å²) in [7, 11) is 3.34. The van der Waals surface area contributed by atoms with Crippen LogP contribution in [0.25, 0.3) is 0 Å². The Labute approximate surface area is 78.3 Å². The van der Waals surface area contributed by atoms with Gasteiger partial charge in [0.25, 0.3) is 0 Å². The molecule has 76 valence electrons. The summed E-state index contributed by atoms with van der Waals surface area (Å²) in [6.07, 6.45) is 0. The van der Waals surface area contributed by atoms with Crippen LogP contribution in [-0.4, -0.2) is 43.9 Å². The van der Waals surface area contributed by atoms with Gasteiger partial charge < -0.3 is 11.1 Å². The van der Waals surface area contributed by atoms with E-state index in [4.69, 9.17) is 5.73 Å². The van der Waals surface area contributed by atoms with Crippen molar-refractivity contribution in [1.82, 2.24) is 10.2 Å². The number of nitrogens with two attached hydrogens (primary N) is 1. The monoisotopic (exact) mass is 187 g/mol. The van der Waals surface area contributed by atoms with Gasteiger partial charge in [-0.15, -0.1) is 0 Å². The molecule has 0 fully saturated rings. The summed E-state index contributed by atoms with van der Waals surface area (Å²) in [4.78, 5) is 23.3. The van der Waals surface area contributed by atoms with Gasteiger partial charge in [-0.2, -0.15) is 0 Å². The van der Waals surface area contributed by atoms with Crippen LogP contribution < -0.4 is 11.1 Å². The van der Waals surface area contributed by atoms with Crippen LogP contribution >= 0.6 is 0 Å². The van der Waals surface area contributed by atoms with Crippen LogP contribution in [0.4, 0.5) is 0 Å². The number of likely N-dealkylation sites (N-methyl/N-ethyl adjacent to an activating group) is 1. The van der Waals surface area contributed by atoms with Gasteiger partial charge in [0.05, 0.1) is 6.54 Å². The molecule has 0 radical (unpaired) electrons. The van der Waals surface area contributed by atoms with E-state index in [0.29, 0.717) is 6.54 Å². The summed E-state index contributed by atoms with van der Waals surface area (Å²) in [5.41, 5.74) is 5.00. The van der Waals surface area contributed by atoms with Crippen molar-refractivity contribution in [2.45, 2.75) is 6.92 Å². The van der Waals surface area contributed by atoms with Crippen LogP contribution in [0.15, 0.2) is 0 Å². The average molecular weight is 187 g/mol. The highest BCUT2D eigenvalue weighted by Gasteiger charge is 2.14. The van der Waals surface area contributed by atoms with E-state index in [1.165, 1.54) is 0 Å². The molecule has 0 saturated heterocycles. The van der Waals surface area contributed by atoms with E-state index in [2.05, 4.69) is 5.32 Å². The van der Waals surface area contributed by atoms with Gasteiger partial charge in [-0.3, -0.25) is 14.5 Å². The first-order chi connectivity index (χ1) is 5.97. The van der Waals surface area contributed by atoms with Crippen LogP contribution in [0.2, 0.25) is 0 Å². The lowest BCUT2D eigenvalue weighted by Crippen LogP contribution is -2.38. The Bertz CT molecular complexity index is 194. The minimum Gasteiger partial charge on any atom is -0.369 e. The zero-order valence-corrected chi connectivity index (χ0v) is 8.33. The molecule has 2 amide bonds. The van der Waals surface area contributed by atoms with Crippen LogP contribution in [0.1, 0.15) is 6.92 Å². The number of primary amides is 1. The van der Waals surface area contributed by atoms with E-state index >= 15 is 0 Å². The Kier molecular flexibility index (Phi) is 5.06. The third-order valence-corrected chi connectivity index (χ3v) is 1.71. The van der Waals surface area contributed by atoms with Crippen molar-refractivity contribution >= 4 is 11.8 Å². The molecule has 0 heterocycles. The molecule has 5 heteroatoms. The number of nitrogens with one attached hydrogen (secondary N) is 1. The van der Waals surface area contributed by atoms with Gasteiger partial charge in [-0.05, 0) is 7.05 Å². The van der Waals surface area contributed by atoms with Crippen molar-refractivity contribution in [2.24, 2.45) is 11.7 Å². The quantitative estimate of drug-likeness (QED) is 0.567. The summed E-state index contributed by atoms with van der Waals surface area (Å²) in [6, 6.07) is 0. The first-order valence-electron chi connectivity index (χ1n) is 4.15. The van der Waals surface area contributed by atoms with Gasteiger partial charge in [0.1, 0.15) is 0 Å². The maximum absolute atomic E-state index is 11.1. The molecule has 0 rings (SSSR count). The van der Waals surface area contributed by atoms with E-state index in [-0.39, 0.29) is 24.3 Å². The summed E-state index contributed by atoms with van der Waals surface area (Å²) in [6.45, 7) is 2.51. The summed E-state index contributed by atoms with van der Waals surface area (Å²) in [5.74, 6) is -0.544. The van der Waals surface area contributed by atoms with E-state index in [1.54, 1.807) is 25.9 Å². The number of hydrogen-bond acceptors (Lipinski definition) is 3. The van der Waals surface area contributed by atoms with Gasteiger partial charge in [-0.25, -0.2) is 0 Å². The Morgan fingerprint density at radius 1 is 1.54 bits per heavy atom. The summed E-state index contributed by atoms with van der Waals surface area (Å²) in [5, 5.41) is 2.54. The SMILES string of the molecule is CNC(=O)C(C)CN(C)CC(N)=O. The normalized spacial score (nSPS) is 12.6. The van der Waals surface area contributed by atoms with Crippen LogP contribution in [0.5, 0.6) is 0 Å². The Hall–Kier alpha value is -1.10. The van der Waals surface area contributed by atoms with Crippen LogP contribution in [0, 0.1) is 5.92 Å². The highest BCUT2D eigenvalue weighted by atomic mass is 16.2. The molecular formula is C8H17N3O2. The molecular weight excluding hydrogens is 170 g/mol. The lowest BCUT2D eigenvalue weighted by molar-refractivity contribution is -0.125. The number of hydrogen-bond donors (Lipinski definition) is 2. The van der Waals surface area contributed by atoms with Crippen molar-refractivity contribution < 1.29 is 9.59 Å². The summed E-state index contributed by atoms with van der Waals surface area (Å²) < 4.78 is 0. The maximum atomic E-state index is 11.1. The van der Waals surface area contributed by atoms with Crippen molar-refractivity contribution in [3.63, 3.8) is 0 Å². The number of nitrogens with zero attached hydrogens (tertiary/aromatic N) is 1. The molecule has 0 aromatic carbocycles. The van der Waals surface area contributed by atoms with E-state index < -0.39 is 0 Å². The minimum atomic E-state index is -0.383. The first-order valence-corrected chi connectivity index (χ1v) is 4.15. The fourth-order valence-corrected chi connectivity index (χ4v) is 1.13. The smallest absolute Gasteiger partial charge is 0.231 e. The predicted octanol–water partition coefficient (Wildman–Crippen LogP) is -1.21. The molecule has 0 aliphatic rings. The number of carbonyl (C=O) groups is 2. The zero-order valence-electron chi connectivity index (χ0n) is 8.33. The van der Waals surface area contributed by atoms with Crippen molar-refractivity contribution in [2.75, 3.05) is 27.2 Å². The van der Waals surface area contributed by atoms with E-state index in [1.807, 2.05) is 0 Å². The molecule has 5 nitrogen and oxygen atoms in total. The predicted molar refractivity (Wildman–Crippen MR) is 49.9 cm³/mol. The second kappa shape index (κ2) is 5.53. The molecule has 0 saturated carbocycles. The van der Waals surface area contributed by atoms with Gasteiger partial charge in [-0.1, -0.05) is 6.92 Å². The fourth-order valence-electron chi connectivity index (χ4n) is 1.13. The number of carbonyl (C=O) groups excluding carboxylic acids is 2. The van der Waals surface area contributed by atoms with Crippen molar-refractivity contribution in [1.29, 1.82) is 0 Å². The van der Waals surface area contributed by atoms with Gasteiger partial charge in [0.15, 0.2) is 0 Å². The van der Waals surface area contributed by atoms with Gasteiger partial charge in [0.2, 0.25) is 11.8 Å². The van der Waals surface area contributed by atoms with Crippen LogP contribution in [-0.2, 0) is 9.59 Å². The molecule has 13 heavy (non-hydrogen) atoms.